The highest BCUT2D eigenvalue weighted by Crippen LogP contribution is 2.36. The summed E-state index contributed by atoms with van der Waals surface area (Å²) in [5, 5.41) is 2.43. The van der Waals surface area contributed by atoms with E-state index in [0.717, 1.165) is 18.5 Å². The van der Waals surface area contributed by atoms with Gasteiger partial charge in [0.05, 0.1) is 15.6 Å². The van der Waals surface area contributed by atoms with E-state index in [9.17, 15) is 0 Å². The van der Waals surface area contributed by atoms with E-state index in [1.54, 1.807) is 0 Å². The summed E-state index contributed by atoms with van der Waals surface area (Å²) in [6, 6.07) is 3.92. The molecule has 0 radical (unpaired) electrons. The summed E-state index contributed by atoms with van der Waals surface area (Å²) in [5.74, 6) is 0.462. The van der Waals surface area contributed by atoms with Gasteiger partial charge < -0.3 is 10.3 Å². The molecule has 1 aromatic carbocycles. The third kappa shape index (κ3) is 2.37. The Morgan fingerprint density at radius 3 is 2.61 bits per heavy atom. The third-order valence-corrected chi connectivity index (χ3v) is 3.98. The maximum Gasteiger partial charge on any atom is 0.0835 e. The van der Waals surface area contributed by atoms with Crippen molar-refractivity contribution in [3.05, 3.63) is 33.9 Å². The number of benzene rings is 1. The molecule has 0 aliphatic carbocycles. The van der Waals surface area contributed by atoms with Crippen molar-refractivity contribution in [3.63, 3.8) is 0 Å². The second-order valence-corrected chi connectivity index (χ2v) is 5.62. The molecule has 0 saturated carbocycles. The standard InChI is InChI=1S/C14H18Cl2N2/c1-9(2)11-8-18(7-3-6-17)14-10(11)4-5-12(15)13(14)16/h4-5,8-9H,3,6-7,17H2,1-2H3. The number of nitrogens with two attached hydrogens (primary N) is 1. The van der Waals surface area contributed by atoms with Gasteiger partial charge in [-0.05, 0) is 30.5 Å². The Morgan fingerprint density at radius 2 is 2.00 bits per heavy atom. The van der Waals surface area contributed by atoms with Crippen LogP contribution in [0.1, 0.15) is 31.7 Å². The van der Waals surface area contributed by atoms with Crippen molar-refractivity contribution in [2.45, 2.75) is 32.7 Å². The van der Waals surface area contributed by atoms with Crippen LogP contribution in [0.4, 0.5) is 0 Å². The molecule has 0 aliphatic heterocycles. The summed E-state index contributed by atoms with van der Waals surface area (Å²) in [7, 11) is 0. The van der Waals surface area contributed by atoms with Gasteiger partial charge in [-0.2, -0.15) is 0 Å². The van der Waals surface area contributed by atoms with Crippen molar-refractivity contribution in [1.82, 2.24) is 4.57 Å². The first-order chi connectivity index (χ1) is 8.56. The maximum atomic E-state index is 6.34. The van der Waals surface area contributed by atoms with Crippen LogP contribution < -0.4 is 5.73 Å². The topological polar surface area (TPSA) is 30.9 Å². The SMILES string of the molecule is CC(C)c1cn(CCCN)c2c(Cl)c(Cl)ccc12. The minimum atomic E-state index is 0.462. The molecule has 1 aromatic heterocycles. The van der Waals surface area contributed by atoms with Gasteiger partial charge in [0.2, 0.25) is 0 Å². The summed E-state index contributed by atoms with van der Waals surface area (Å²) in [6.07, 6.45) is 3.11. The molecule has 1 heterocycles. The van der Waals surface area contributed by atoms with Crippen LogP contribution in [0.3, 0.4) is 0 Å². The summed E-state index contributed by atoms with van der Waals surface area (Å²) < 4.78 is 2.17. The van der Waals surface area contributed by atoms with Crippen LogP contribution >= 0.6 is 23.2 Å². The average molecular weight is 285 g/mol. The molecule has 0 unspecified atom stereocenters. The number of aryl methyl sites for hydroxylation is 1. The highest BCUT2D eigenvalue weighted by Gasteiger charge is 2.15. The quantitative estimate of drug-likeness (QED) is 0.885. The Kier molecular flexibility index (Phi) is 4.21. The zero-order valence-electron chi connectivity index (χ0n) is 10.7. The summed E-state index contributed by atoms with van der Waals surface area (Å²) in [4.78, 5) is 0. The van der Waals surface area contributed by atoms with Crippen molar-refractivity contribution in [2.75, 3.05) is 6.54 Å². The number of nitrogens with zero attached hydrogens (tertiary/aromatic N) is 1. The lowest BCUT2D eigenvalue weighted by molar-refractivity contribution is 0.666. The minimum absolute atomic E-state index is 0.462. The van der Waals surface area contributed by atoms with Gasteiger partial charge in [-0.15, -0.1) is 0 Å². The molecule has 0 amide bonds. The van der Waals surface area contributed by atoms with Crippen LogP contribution in [-0.2, 0) is 6.54 Å². The second-order valence-electron chi connectivity index (χ2n) is 4.83. The molecule has 0 bridgehead atoms. The summed E-state index contributed by atoms with van der Waals surface area (Å²) in [6.45, 7) is 5.92. The van der Waals surface area contributed by atoms with E-state index in [0.29, 0.717) is 22.5 Å². The van der Waals surface area contributed by atoms with Gasteiger partial charge in [0.25, 0.3) is 0 Å². The molecule has 2 nitrogen and oxygen atoms in total. The molecule has 2 rings (SSSR count). The molecule has 98 valence electrons. The molecule has 0 aliphatic rings. The van der Waals surface area contributed by atoms with E-state index in [1.165, 1.54) is 10.9 Å². The first kappa shape index (κ1) is 13.7. The zero-order valence-corrected chi connectivity index (χ0v) is 12.2. The number of aromatic nitrogens is 1. The predicted octanol–water partition coefficient (Wildman–Crippen LogP) is 4.42. The van der Waals surface area contributed by atoms with Crippen molar-refractivity contribution >= 4 is 34.1 Å². The van der Waals surface area contributed by atoms with Gasteiger partial charge in [0.15, 0.2) is 0 Å². The van der Waals surface area contributed by atoms with Crippen molar-refractivity contribution in [1.29, 1.82) is 0 Å². The number of rotatable bonds is 4. The molecule has 0 fully saturated rings. The van der Waals surface area contributed by atoms with Gasteiger partial charge in [0.1, 0.15) is 0 Å². The van der Waals surface area contributed by atoms with E-state index in [2.05, 4.69) is 30.7 Å². The summed E-state index contributed by atoms with van der Waals surface area (Å²) in [5.41, 5.74) is 7.92. The van der Waals surface area contributed by atoms with E-state index in [4.69, 9.17) is 28.9 Å². The first-order valence-corrected chi connectivity index (χ1v) is 6.98. The fourth-order valence-corrected chi connectivity index (χ4v) is 2.68. The van der Waals surface area contributed by atoms with Gasteiger partial charge in [0, 0.05) is 18.1 Å². The molecule has 18 heavy (non-hydrogen) atoms. The predicted molar refractivity (Wildman–Crippen MR) is 79.7 cm³/mol. The third-order valence-electron chi connectivity index (χ3n) is 3.19. The van der Waals surface area contributed by atoms with E-state index >= 15 is 0 Å². The maximum absolute atomic E-state index is 6.34. The van der Waals surface area contributed by atoms with E-state index < -0.39 is 0 Å². The van der Waals surface area contributed by atoms with Crippen LogP contribution in [-0.4, -0.2) is 11.1 Å². The second kappa shape index (κ2) is 5.52. The number of hydrogen-bond donors (Lipinski definition) is 1. The minimum Gasteiger partial charge on any atom is -0.346 e. The Labute approximate surface area is 118 Å². The van der Waals surface area contributed by atoms with Crippen LogP contribution in [0.25, 0.3) is 10.9 Å². The van der Waals surface area contributed by atoms with Crippen LogP contribution in [0.2, 0.25) is 10.0 Å². The smallest absolute Gasteiger partial charge is 0.0835 e. The molecule has 2 aromatic rings. The van der Waals surface area contributed by atoms with E-state index in [-0.39, 0.29) is 0 Å². The Balaban J connectivity index is 2.65. The molecule has 0 atom stereocenters. The normalized spacial score (nSPS) is 11.7. The lowest BCUT2D eigenvalue weighted by Crippen LogP contribution is -2.05. The summed E-state index contributed by atoms with van der Waals surface area (Å²) >= 11 is 12.5. The fraction of sp³-hybridized carbons (Fsp3) is 0.429. The molecule has 4 heteroatoms. The van der Waals surface area contributed by atoms with Crippen LogP contribution in [0.15, 0.2) is 18.3 Å². The average Bonchev–Trinajstić information content (AvgIpc) is 2.71. The van der Waals surface area contributed by atoms with Gasteiger partial charge in [-0.3, -0.25) is 0 Å². The highest BCUT2D eigenvalue weighted by atomic mass is 35.5. The fourth-order valence-electron chi connectivity index (χ4n) is 2.25. The molecule has 0 spiro atoms. The molecular weight excluding hydrogens is 267 g/mol. The lowest BCUT2D eigenvalue weighted by atomic mass is 10.0. The lowest BCUT2D eigenvalue weighted by Gasteiger charge is -2.06. The van der Waals surface area contributed by atoms with Crippen molar-refractivity contribution in [3.8, 4) is 0 Å². The van der Waals surface area contributed by atoms with Crippen LogP contribution in [0.5, 0.6) is 0 Å². The van der Waals surface area contributed by atoms with E-state index in [1.807, 2.05) is 6.07 Å². The number of hydrogen-bond acceptors (Lipinski definition) is 1. The Bertz CT molecular complexity index is 558. The van der Waals surface area contributed by atoms with Gasteiger partial charge >= 0.3 is 0 Å². The Morgan fingerprint density at radius 1 is 1.28 bits per heavy atom. The molecular formula is C14H18Cl2N2. The molecule has 0 saturated heterocycles. The van der Waals surface area contributed by atoms with Crippen molar-refractivity contribution in [2.24, 2.45) is 5.73 Å². The molecule has 2 N–H and O–H groups in total. The van der Waals surface area contributed by atoms with Crippen molar-refractivity contribution < 1.29 is 0 Å². The van der Waals surface area contributed by atoms with Gasteiger partial charge in [-0.25, -0.2) is 0 Å². The monoisotopic (exact) mass is 284 g/mol. The largest absolute Gasteiger partial charge is 0.346 e. The zero-order chi connectivity index (χ0) is 13.3. The number of fused-ring (bicyclic) bond motifs is 1. The number of halogens is 2. The van der Waals surface area contributed by atoms with Crippen LogP contribution in [0, 0.1) is 0 Å². The first-order valence-electron chi connectivity index (χ1n) is 6.23. The van der Waals surface area contributed by atoms with Gasteiger partial charge in [-0.1, -0.05) is 43.1 Å². The highest BCUT2D eigenvalue weighted by molar-refractivity contribution is 6.45. The Hall–Kier alpha value is -0.700.